The minimum absolute atomic E-state index is 0.0771. The van der Waals surface area contributed by atoms with Gasteiger partial charge in [0.25, 0.3) is 0 Å². The second-order valence-electron chi connectivity index (χ2n) is 10.2. The highest BCUT2D eigenvalue weighted by molar-refractivity contribution is 6.39. The number of aromatic nitrogens is 4. The Labute approximate surface area is 223 Å². The van der Waals surface area contributed by atoms with Crippen LogP contribution < -0.4 is 16.4 Å². The van der Waals surface area contributed by atoms with Crippen LogP contribution in [0.25, 0.3) is 10.9 Å². The molecule has 6 rings (SSSR count). The summed E-state index contributed by atoms with van der Waals surface area (Å²) >= 11 is 6.60. The van der Waals surface area contributed by atoms with Crippen molar-refractivity contribution in [2.24, 2.45) is 24.6 Å². The molecule has 1 saturated carbocycles. The highest BCUT2D eigenvalue weighted by Gasteiger charge is 2.65. The van der Waals surface area contributed by atoms with E-state index < -0.39 is 11.6 Å². The molecule has 2 aliphatic rings. The Morgan fingerprint density at radius 2 is 1.97 bits per heavy atom. The zero-order valence-corrected chi connectivity index (χ0v) is 21.5. The van der Waals surface area contributed by atoms with Gasteiger partial charge >= 0.3 is 0 Å². The summed E-state index contributed by atoms with van der Waals surface area (Å²) in [5, 5.41) is 14.2. The Bertz CT molecular complexity index is 1570. The number of piperidine rings is 1. The normalized spacial score (nSPS) is 22.5. The molecule has 0 spiro atoms. The molecule has 5 N–H and O–H groups in total. The number of hydrogen-bond donors (Lipinski definition) is 3. The van der Waals surface area contributed by atoms with Gasteiger partial charge in [-0.3, -0.25) is 10.1 Å². The van der Waals surface area contributed by atoms with Gasteiger partial charge in [0, 0.05) is 48.8 Å². The largest absolute Gasteiger partial charge is 0.382 e. The van der Waals surface area contributed by atoms with Gasteiger partial charge in [0.15, 0.2) is 5.82 Å². The number of nitrogen functional groups attached to an aromatic ring is 1. The zero-order chi connectivity index (χ0) is 26.8. The summed E-state index contributed by atoms with van der Waals surface area (Å²) in [6.45, 7) is 1.79. The molecule has 0 bridgehead atoms. The van der Waals surface area contributed by atoms with Crippen LogP contribution in [0.4, 0.5) is 20.4 Å². The molecular formula is C27H27ClF2N8. The maximum absolute atomic E-state index is 14.1. The van der Waals surface area contributed by atoms with Crippen molar-refractivity contribution in [1.82, 2.24) is 19.7 Å². The Kier molecular flexibility index (Phi) is 5.84. The van der Waals surface area contributed by atoms with E-state index in [1.54, 1.807) is 29.2 Å². The standard InChI is InChI=1S/C27H27ClF2N8/c1-37-12-18-21(36-37)3-2-17(23(18)28)24(32)25-26(33)35-22(11-34-25)38-7-4-19-20(13-38)27(19,5-6-31)14-8-15(29)10-16(30)9-14/h2-3,8-12,19-20,32H,4-7,13,31H2,1H3,(H2,33,35)/t19-,20?,27+/m1/s1. The first-order valence-corrected chi connectivity index (χ1v) is 12.9. The highest BCUT2D eigenvalue weighted by atomic mass is 35.5. The van der Waals surface area contributed by atoms with E-state index in [0.29, 0.717) is 53.9 Å². The lowest BCUT2D eigenvalue weighted by molar-refractivity contribution is 0.524. The monoisotopic (exact) mass is 536 g/mol. The van der Waals surface area contributed by atoms with Gasteiger partial charge in [0.05, 0.1) is 22.4 Å². The van der Waals surface area contributed by atoms with Crippen molar-refractivity contribution in [3.63, 3.8) is 0 Å². The molecule has 11 heteroatoms. The third kappa shape index (κ3) is 3.82. The molecule has 3 atom stereocenters. The fourth-order valence-electron chi connectivity index (χ4n) is 6.43. The van der Waals surface area contributed by atoms with Crippen molar-refractivity contribution >= 4 is 39.9 Å². The van der Waals surface area contributed by atoms with Crippen LogP contribution in [0.2, 0.25) is 5.02 Å². The molecule has 1 aliphatic heterocycles. The molecule has 8 nitrogen and oxygen atoms in total. The summed E-state index contributed by atoms with van der Waals surface area (Å²) < 4.78 is 29.8. The van der Waals surface area contributed by atoms with Gasteiger partial charge in [-0.05, 0) is 61.1 Å². The van der Waals surface area contributed by atoms with E-state index in [2.05, 4.69) is 20.0 Å². The number of benzene rings is 2. The zero-order valence-electron chi connectivity index (χ0n) is 20.8. The predicted octanol–water partition coefficient (Wildman–Crippen LogP) is 4.04. The number of hydrogen-bond acceptors (Lipinski definition) is 7. The van der Waals surface area contributed by atoms with Crippen LogP contribution in [0, 0.1) is 28.9 Å². The van der Waals surface area contributed by atoms with E-state index in [0.717, 1.165) is 23.4 Å². The van der Waals surface area contributed by atoms with Crippen molar-refractivity contribution in [3.8, 4) is 0 Å². The summed E-state index contributed by atoms with van der Waals surface area (Å²) in [7, 11) is 1.81. The summed E-state index contributed by atoms with van der Waals surface area (Å²) in [6.07, 6.45) is 4.91. The topological polar surface area (TPSA) is 123 Å². The van der Waals surface area contributed by atoms with Crippen LogP contribution in [-0.4, -0.2) is 45.1 Å². The summed E-state index contributed by atoms with van der Waals surface area (Å²) in [5.74, 6) is 0.0731. The number of nitrogens with two attached hydrogens (primary N) is 2. The molecule has 196 valence electrons. The maximum atomic E-state index is 14.1. The van der Waals surface area contributed by atoms with E-state index in [1.165, 1.54) is 12.1 Å². The Morgan fingerprint density at radius 1 is 1.21 bits per heavy atom. The Morgan fingerprint density at radius 3 is 2.68 bits per heavy atom. The molecule has 1 aliphatic carbocycles. The molecule has 0 radical (unpaired) electrons. The number of aryl methyl sites for hydroxylation is 1. The van der Waals surface area contributed by atoms with E-state index in [9.17, 15) is 8.78 Å². The lowest BCUT2D eigenvalue weighted by Gasteiger charge is -2.27. The van der Waals surface area contributed by atoms with Gasteiger partial charge in [-0.2, -0.15) is 5.10 Å². The Hall–Kier alpha value is -3.63. The van der Waals surface area contributed by atoms with E-state index in [-0.39, 0.29) is 28.6 Å². The molecule has 1 unspecified atom stereocenters. The van der Waals surface area contributed by atoms with Crippen molar-refractivity contribution in [2.45, 2.75) is 18.3 Å². The fraction of sp³-hybridized carbons (Fsp3) is 0.333. The van der Waals surface area contributed by atoms with Crippen LogP contribution in [0.3, 0.4) is 0 Å². The quantitative estimate of drug-likeness (QED) is 0.320. The SMILES string of the molecule is Cn1cc2c(Cl)c(C(=N)c3ncc(N4CC[C@@H]5C(C4)[C@@]5(CCN)c4cc(F)cc(F)c4)nc3N)ccc2n1. The second kappa shape index (κ2) is 8.99. The second-order valence-corrected chi connectivity index (χ2v) is 10.6. The molecule has 1 saturated heterocycles. The average molecular weight is 537 g/mol. The predicted molar refractivity (Wildman–Crippen MR) is 144 cm³/mol. The molecule has 2 fully saturated rings. The summed E-state index contributed by atoms with van der Waals surface area (Å²) in [4.78, 5) is 11.2. The third-order valence-electron chi connectivity index (χ3n) is 8.14. The maximum Gasteiger partial charge on any atom is 0.154 e. The van der Waals surface area contributed by atoms with Gasteiger partial charge in [-0.25, -0.2) is 18.7 Å². The number of anilines is 2. The molecule has 2 aromatic carbocycles. The van der Waals surface area contributed by atoms with Gasteiger partial charge < -0.3 is 16.4 Å². The van der Waals surface area contributed by atoms with Crippen molar-refractivity contribution in [3.05, 3.63) is 76.2 Å². The van der Waals surface area contributed by atoms with Crippen LogP contribution >= 0.6 is 11.6 Å². The van der Waals surface area contributed by atoms with E-state index in [1.807, 2.05) is 7.05 Å². The van der Waals surface area contributed by atoms with Crippen LogP contribution in [0.15, 0.2) is 42.7 Å². The highest BCUT2D eigenvalue weighted by Crippen LogP contribution is 2.65. The lowest BCUT2D eigenvalue weighted by atomic mass is 9.87. The van der Waals surface area contributed by atoms with Gasteiger partial charge in [-0.1, -0.05) is 11.6 Å². The van der Waals surface area contributed by atoms with Crippen molar-refractivity contribution in [2.75, 3.05) is 30.3 Å². The molecular weight excluding hydrogens is 510 g/mol. The number of nitrogens with one attached hydrogen (secondary N) is 1. The van der Waals surface area contributed by atoms with Gasteiger partial charge in [0.1, 0.15) is 23.1 Å². The molecule has 4 aromatic rings. The third-order valence-corrected chi connectivity index (χ3v) is 8.55. The number of halogens is 3. The Balaban J connectivity index is 1.25. The van der Waals surface area contributed by atoms with Gasteiger partial charge in [-0.15, -0.1) is 0 Å². The van der Waals surface area contributed by atoms with Gasteiger partial charge in [0.2, 0.25) is 0 Å². The molecule has 0 amide bonds. The summed E-state index contributed by atoms with van der Waals surface area (Å²) in [6, 6.07) is 7.32. The summed E-state index contributed by atoms with van der Waals surface area (Å²) in [5.41, 5.74) is 14.1. The van der Waals surface area contributed by atoms with E-state index >= 15 is 0 Å². The first kappa shape index (κ1) is 24.7. The molecule has 38 heavy (non-hydrogen) atoms. The number of nitrogens with zero attached hydrogens (tertiary/aromatic N) is 5. The fourth-order valence-corrected chi connectivity index (χ4v) is 6.73. The van der Waals surface area contributed by atoms with Crippen molar-refractivity contribution < 1.29 is 8.78 Å². The first-order chi connectivity index (χ1) is 18.2. The van der Waals surface area contributed by atoms with Crippen molar-refractivity contribution in [1.29, 1.82) is 5.41 Å². The number of rotatable bonds is 6. The average Bonchev–Trinajstić information content (AvgIpc) is 3.34. The van der Waals surface area contributed by atoms with E-state index in [4.69, 9.17) is 28.5 Å². The molecule has 2 aromatic heterocycles. The first-order valence-electron chi connectivity index (χ1n) is 12.5. The molecule has 3 heterocycles. The van der Waals surface area contributed by atoms with Crippen LogP contribution in [0.1, 0.15) is 29.7 Å². The van der Waals surface area contributed by atoms with Crippen LogP contribution in [0.5, 0.6) is 0 Å². The smallest absolute Gasteiger partial charge is 0.154 e. The minimum Gasteiger partial charge on any atom is -0.382 e. The van der Waals surface area contributed by atoms with Crippen LogP contribution in [-0.2, 0) is 12.5 Å². The lowest BCUT2D eigenvalue weighted by Crippen LogP contribution is -2.32. The minimum atomic E-state index is -0.573. The number of fused-ring (bicyclic) bond motifs is 2.